The third kappa shape index (κ3) is 6.38. The SMILES string of the molecule is CCOc1cc(C=Nn2c([C@@H](C)CC)nc3ccc(Br)cc3c2=O)cc(I)c1OCc1ccc(F)cc1. The van der Waals surface area contributed by atoms with Crippen molar-refractivity contribution in [1.82, 2.24) is 9.66 Å². The van der Waals surface area contributed by atoms with Gasteiger partial charge in [-0.2, -0.15) is 9.78 Å². The smallest absolute Gasteiger partial charge is 0.282 e. The average Bonchev–Trinajstić information content (AvgIpc) is 2.88. The summed E-state index contributed by atoms with van der Waals surface area (Å²) in [5, 5.41) is 5.06. The molecule has 4 aromatic rings. The standard InChI is InChI=1S/C28H26BrFIN3O3/c1-4-17(3)27-33-24-11-8-20(29)14-22(24)28(35)34(27)32-15-19-12-23(31)26(25(13-19)36-5-2)37-16-18-6-9-21(30)10-7-18/h6-15,17H,4-5,16H2,1-3H3/t17-/m0/s1. The lowest BCUT2D eigenvalue weighted by Gasteiger charge is -2.15. The second-order valence-corrected chi connectivity index (χ2v) is 10.6. The molecular weight excluding hydrogens is 652 g/mol. The quantitative estimate of drug-likeness (QED) is 0.138. The van der Waals surface area contributed by atoms with Crippen LogP contribution in [0, 0.1) is 9.39 Å². The highest BCUT2D eigenvalue weighted by Gasteiger charge is 2.16. The molecule has 0 N–H and O–H groups in total. The first-order valence-electron chi connectivity index (χ1n) is 11.9. The molecular formula is C28H26BrFIN3O3. The Morgan fingerprint density at radius 2 is 1.89 bits per heavy atom. The zero-order chi connectivity index (χ0) is 26.5. The van der Waals surface area contributed by atoms with Crippen LogP contribution in [0.4, 0.5) is 4.39 Å². The summed E-state index contributed by atoms with van der Waals surface area (Å²) < 4.78 is 28.1. The molecule has 1 atom stereocenters. The minimum atomic E-state index is -0.290. The number of fused-ring (bicyclic) bond motifs is 1. The maximum absolute atomic E-state index is 13.4. The van der Waals surface area contributed by atoms with Gasteiger partial charge in [0.1, 0.15) is 18.2 Å². The highest BCUT2D eigenvalue weighted by atomic mass is 127. The summed E-state index contributed by atoms with van der Waals surface area (Å²) in [5.74, 6) is 1.52. The van der Waals surface area contributed by atoms with E-state index in [-0.39, 0.29) is 23.9 Å². The Bertz CT molecular complexity index is 1510. The molecule has 0 fully saturated rings. The molecule has 192 valence electrons. The maximum Gasteiger partial charge on any atom is 0.282 e. The van der Waals surface area contributed by atoms with E-state index in [9.17, 15) is 9.18 Å². The molecule has 0 aliphatic carbocycles. The van der Waals surface area contributed by atoms with Gasteiger partial charge in [-0.05, 0) is 89.5 Å². The van der Waals surface area contributed by atoms with Crippen LogP contribution in [0.25, 0.3) is 10.9 Å². The molecule has 0 aliphatic rings. The number of aromatic nitrogens is 2. The van der Waals surface area contributed by atoms with Crippen LogP contribution in [-0.2, 0) is 6.61 Å². The lowest BCUT2D eigenvalue weighted by atomic mass is 10.1. The normalized spacial score (nSPS) is 12.3. The van der Waals surface area contributed by atoms with Crippen molar-refractivity contribution in [3.05, 3.63) is 95.8 Å². The topological polar surface area (TPSA) is 65.7 Å². The zero-order valence-electron chi connectivity index (χ0n) is 20.7. The second kappa shape index (κ2) is 12.2. The third-order valence-corrected chi connectivity index (χ3v) is 7.13. The van der Waals surface area contributed by atoms with E-state index in [1.165, 1.54) is 16.8 Å². The molecule has 1 heterocycles. The monoisotopic (exact) mass is 677 g/mol. The van der Waals surface area contributed by atoms with E-state index in [1.807, 2.05) is 38.1 Å². The largest absolute Gasteiger partial charge is 0.490 e. The Morgan fingerprint density at radius 3 is 2.59 bits per heavy atom. The van der Waals surface area contributed by atoms with E-state index in [2.05, 4.69) is 50.5 Å². The number of nitrogens with zero attached hydrogens (tertiary/aromatic N) is 3. The summed E-state index contributed by atoms with van der Waals surface area (Å²) in [5.41, 5.74) is 2.01. The third-order valence-electron chi connectivity index (χ3n) is 5.84. The predicted octanol–water partition coefficient (Wildman–Crippen LogP) is 7.28. The fourth-order valence-electron chi connectivity index (χ4n) is 3.71. The molecule has 0 spiro atoms. The fraction of sp³-hybridized carbons (Fsp3) is 0.250. The van der Waals surface area contributed by atoms with Crippen molar-refractivity contribution in [3.63, 3.8) is 0 Å². The number of rotatable bonds is 9. The van der Waals surface area contributed by atoms with Gasteiger partial charge in [-0.25, -0.2) is 9.37 Å². The zero-order valence-corrected chi connectivity index (χ0v) is 24.4. The Labute approximate surface area is 236 Å². The number of hydrogen-bond donors (Lipinski definition) is 0. The van der Waals surface area contributed by atoms with Gasteiger partial charge >= 0.3 is 0 Å². The van der Waals surface area contributed by atoms with Crippen molar-refractivity contribution in [1.29, 1.82) is 0 Å². The van der Waals surface area contributed by atoms with E-state index in [1.54, 1.807) is 24.4 Å². The summed E-state index contributed by atoms with van der Waals surface area (Å²) in [6.07, 6.45) is 2.45. The molecule has 6 nitrogen and oxygen atoms in total. The summed E-state index contributed by atoms with van der Waals surface area (Å²) in [4.78, 5) is 18.1. The van der Waals surface area contributed by atoms with Crippen LogP contribution in [0.2, 0.25) is 0 Å². The van der Waals surface area contributed by atoms with Gasteiger partial charge in [-0.3, -0.25) is 4.79 Å². The van der Waals surface area contributed by atoms with Crippen LogP contribution in [0.5, 0.6) is 11.5 Å². The molecule has 0 saturated heterocycles. The molecule has 37 heavy (non-hydrogen) atoms. The average molecular weight is 678 g/mol. The van der Waals surface area contributed by atoms with Gasteiger partial charge in [-0.1, -0.05) is 41.9 Å². The molecule has 0 saturated carbocycles. The molecule has 0 bridgehead atoms. The first-order chi connectivity index (χ1) is 17.8. The van der Waals surface area contributed by atoms with Gasteiger partial charge in [0.25, 0.3) is 5.56 Å². The summed E-state index contributed by atoms with van der Waals surface area (Å²) in [7, 11) is 0. The van der Waals surface area contributed by atoms with Crippen LogP contribution < -0.4 is 15.0 Å². The van der Waals surface area contributed by atoms with Crippen LogP contribution >= 0.6 is 38.5 Å². The minimum absolute atomic E-state index is 0.0410. The molecule has 9 heteroatoms. The van der Waals surface area contributed by atoms with E-state index in [0.717, 1.165) is 25.6 Å². The molecule has 1 aromatic heterocycles. The second-order valence-electron chi connectivity index (χ2n) is 8.48. The van der Waals surface area contributed by atoms with Crippen LogP contribution in [0.1, 0.15) is 50.1 Å². The highest BCUT2D eigenvalue weighted by Crippen LogP contribution is 2.34. The number of ether oxygens (including phenoxy) is 2. The lowest BCUT2D eigenvalue weighted by molar-refractivity contribution is 0.267. The Hall–Kier alpha value is -2.79. The van der Waals surface area contributed by atoms with Gasteiger partial charge in [0.15, 0.2) is 11.5 Å². The Morgan fingerprint density at radius 1 is 1.14 bits per heavy atom. The van der Waals surface area contributed by atoms with Gasteiger partial charge in [0, 0.05) is 10.4 Å². The van der Waals surface area contributed by atoms with Crippen LogP contribution in [0.15, 0.2) is 69.0 Å². The summed E-state index contributed by atoms with van der Waals surface area (Å²) in [6, 6.07) is 15.4. The van der Waals surface area contributed by atoms with Gasteiger partial charge in [0.05, 0.1) is 27.3 Å². The van der Waals surface area contributed by atoms with E-state index in [4.69, 9.17) is 14.5 Å². The number of hydrogen-bond acceptors (Lipinski definition) is 5. The molecule has 0 amide bonds. The van der Waals surface area contributed by atoms with Crippen molar-refractivity contribution in [3.8, 4) is 11.5 Å². The molecule has 0 unspecified atom stereocenters. The molecule has 3 aromatic carbocycles. The molecule has 0 radical (unpaired) electrons. The van der Waals surface area contributed by atoms with Crippen molar-refractivity contribution < 1.29 is 13.9 Å². The number of halogens is 3. The minimum Gasteiger partial charge on any atom is -0.490 e. The van der Waals surface area contributed by atoms with Gasteiger partial charge < -0.3 is 9.47 Å². The van der Waals surface area contributed by atoms with E-state index < -0.39 is 0 Å². The highest BCUT2D eigenvalue weighted by molar-refractivity contribution is 14.1. The Kier molecular flexibility index (Phi) is 8.96. The van der Waals surface area contributed by atoms with Gasteiger partial charge in [0.2, 0.25) is 0 Å². The first-order valence-corrected chi connectivity index (χ1v) is 13.8. The fourth-order valence-corrected chi connectivity index (χ4v) is 4.85. The number of benzene rings is 3. The lowest BCUT2D eigenvalue weighted by Crippen LogP contribution is -2.23. The molecule has 0 aliphatic heterocycles. The first kappa shape index (κ1) is 27.3. The predicted molar refractivity (Wildman–Crippen MR) is 156 cm³/mol. The van der Waals surface area contributed by atoms with Gasteiger partial charge in [-0.15, -0.1) is 0 Å². The van der Waals surface area contributed by atoms with E-state index >= 15 is 0 Å². The van der Waals surface area contributed by atoms with Crippen molar-refractivity contribution in [2.24, 2.45) is 5.10 Å². The van der Waals surface area contributed by atoms with E-state index in [0.29, 0.717) is 34.8 Å². The summed E-state index contributed by atoms with van der Waals surface area (Å²) >= 11 is 5.62. The van der Waals surface area contributed by atoms with Crippen LogP contribution in [0.3, 0.4) is 0 Å². The van der Waals surface area contributed by atoms with Crippen molar-refractivity contribution in [2.75, 3.05) is 6.61 Å². The van der Waals surface area contributed by atoms with Crippen molar-refractivity contribution >= 4 is 55.6 Å². The van der Waals surface area contributed by atoms with Crippen LogP contribution in [-0.4, -0.2) is 22.5 Å². The molecule has 4 rings (SSSR count). The Balaban J connectivity index is 1.71. The summed E-state index contributed by atoms with van der Waals surface area (Å²) in [6.45, 7) is 6.70. The van der Waals surface area contributed by atoms with Crippen molar-refractivity contribution in [2.45, 2.75) is 39.7 Å². The maximum atomic E-state index is 13.4.